The van der Waals surface area contributed by atoms with E-state index in [0.29, 0.717) is 0 Å². The summed E-state index contributed by atoms with van der Waals surface area (Å²) in [7, 11) is 0. The van der Waals surface area contributed by atoms with Gasteiger partial charge in [0.05, 0.1) is 23.3 Å². The topological polar surface area (TPSA) is 19.4 Å². The van der Waals surface area contributed by atoms with Crippen LogP contribution >= 0.6 is 0 Å². The molecule has 0 bridgehead atoms. The Kier molecular flexibility index (Phi) is 6.47. The van der Waals surface area contributed by atoms with E-state index in [1.54, 1.807) is 0 Å². The highest BCUT2D eigenvalue weighted by Crippen LogP contribution is 2.50. The maximum atomic E-state index is 4.44. The summed E-state index contributed by atoms with van der Waals surface area (Å²) >= 11 is 0. The van der Waals surface area contributed by atoms with Crippen LogP contribution in [0, 0.1) is 0 Å². The van der Waals surface area contributed by atoms with Crippen molar-refractivity contribution in [3.8, 4) is 33.4 Å². The van der Waals surface area contributed by atoms with Gasteiger partial charge in [0.1, 0.15) is 0 Å². The summed E-state index contributed by atoms with van der Waals surface area (Å²) in [5.41, 5.74) is 13.9. The van der Waals surface area contributed by atoms with Crippen LogP contribution in [-0.4, -0.2) is 4.98 Å². The van der Waals surface area contributed by atoms with Crippen molar-refractivity contribution in [2.45, 2.75) is 0 Å². The van der Waals surface area contributed by atoms with E-state index in [1.165, 1.54) is 44.8 Å². The molecule has 208 valence electrons. The highest BCUT2D eigenvalue weighted by Gasteiger charge is 2.25. The average molecular weight is 564 g/mol. The number of benzene rings is 6. The van der Waals surface area contributed by atoms with Crippen LogP contribution in [0.4, 0.5) is 34.1 Å². The molecule has 44 heavy (non-hydrogen) atoms. The Bertz CT molecular complexity index is 1980. The first-order valence-electron chi connectivity index (χ1n) is 14.9. The summed E-state index contributed by atoms with van der Waals surface area (Å²) in [6.45, 7) is 0. The highest BCUT2D eigenvalue weighted by molar-refractivity contribution is 6.02. The van der Waals surface area contributed by atoms with Crippen molar-refractivity contribution in [1.82, 2.24) is 4.98 Å². The Balaban J connectivity index is 1.23. The van der Waals surface area contributed by atoms with Crippen LogP contribution in [0.2, 0.25) is 0 Å². The molecule has 1 aromatic heterocycles. The summed E-state index contributed by atoms with van der Waals surface area (Å²) < 4.78 is 0. The van der Waals surface area contributed by atoms with E-state index in [4.69, 9.17) is 0 Å². The molecular formula is C41H29N3. The summed E-state index contributed by atoms with van der Waals surface area (Å²) in [4.78, 5) is 9.09. The smallest absolute Gasteiger partial charge is 0.0644 e. The molecule has 0 N–H and O–H groups in total. The van der Waals surface area contributed by atoms with Crippen molar-refractivity contribution in [3.05, 3.63) is 176 Å². The van der Waals surface area contributed by atoms with Gasteiger partial charge in [-0.3, -0.25) is 4.98 Å². The summed E-state index contributed by atoms with van der Waals surface area (Å²) in [5.74, 6) is 0. The molecule has 3 nitrogen and oxygen atoms in total. The minimum absolute atomic E-state index is 1.01. The second-order valence-corrected chi connectivity index (χ2v) is 10.9. The number of fused-ring (bicyclic) bond motifs is 5. The van der Waals surface area contributed by atoms with Crippen LogP contribution in [0.1, 0.15) is 0 Å². The minimum Gasteiger partial charge on any atom is -0.309 e. The zero-order valence-corrected chi connectivity index (χ0v) is 24.1. The van der Waals surface area contributed by atoms with Crippen molar-refractivity contribution in [2.75, 3.05) is 9.80 Å². The fourth-order valence-corrected chi connectivity index (χ4v) is 6.27. The van der Waals surface area contributed by atoms with Crippen LogP contribution in [-0.2, 0) is 0 Å². The van der Waals surface area contributed by atoms with Crippen LogP contribution in [0.25, 0.3) is 33.4 Å². The van der Waals surface area contributed by atoms with Gasteiger partial charge in [-0.1, -0.05) is 103 Å². The lowest BCUT2D eigenvalue weighted by Crippen LogP contribution is -2.12. The van der Waals surface area contributed by atoms with Gasteiger partial charge in [-0.05, 0) is 82.9 Å². The molecule has 2 heterocycles. The number of nitrogens with zero attached hydrogens (tertiary/aromatic N) is 3. The minimum atomic E-state index is 1.01. The molecule has 0 saturated carbocycles. The van der Waals surface area contributed by atoms with Crippen molar-refractivity contribution < 1.29 is 0 Å². The lowest BCUT2D eigenvalue weighted by molar-refractivity contribution is 1.22. The Morgan fingerprint density at radius 1 is 0.386 bits per heavy atom. The van der Waals surface area contributed by atoms with Crippen LogP contribution in [0.5, 0.6) is 0 Å². The predicted molar refractivity (Wildman–Crippen MR) is 183 cm³/mol. The van der Waals surface area contributed by atoms with Crippen LogP contribution in [0.3, 0.4) is 0 Å². The van der Waals surface area contributed by atoms with Gasteiger partial charge in [-0.15, -0.1) is 0 Å². The highest BCUT2D eigenvalue weighted by atomic mass is 15.2. The fraction of sp³-hybridized carbons (Fsp3) is 0. The first-order valence-corrected chi connectivity index (χ1v) is 14.9. The lowest BCUT2D eigenvalue weighted by atomic mass is 9.95. The van der Waals surface area contributed by atoms with Gasteiger partial charge in [0.25, 0.3) is 0 Å². The Morgan fingerprint density at radius 3 is 1.45 bits per heavy atom. The largest absolute Gasteiger partial charge is 0.309 e. The number of hydrogen-bond donors (Lipinski definition) is 0. The molecule has 1 aliphatic heterocycles. The number of aromatic nitrogens is 1. The molecule has 0 saturated heterocycles. The molecule has 0 spiro atoms. The van der Waals surface area contributed by atoms with E-state index in [-0.39, 0.29) is 0 Å². The van der Waals surface area contributed by atoms with Crippen molar-refractivity contribution in [2.24, 2.45) is 0 Å². The molecule has 0 radical (unpaired) electrons. The molecule has 1 aliphatic rings. The van der Waals surface area contributed by atoms with Gasteiger partial charge in [0.2, 0.25) is 0 Å². The first kappa shape index (κ1) is 25.8. The maximum Gasteiger partial charge on any atom is 0.0644 e. The molecule has 6 aromatic carbocycles. The van der Waals surface area contributed by atoms with E-state index in [2.05, 4.69) is 166 Å². The van der Waals surface area contributed by atoms with Gasteiger partial charge in [-0.25, -0.2) is 0 Å². The summed E-state index contributed by atoms with van der Waals surface area (Å²) in [5, 5.41) is 0. The van der Waals surface area contributed by atoms with E-state index in [9.17, 15) is 0 Å². The zero-order valence-electron chi connectivity index (χ0n) is 24.1. The summed E-state index contributed by atoms with van der Waals surface area (Å²) in [6, 6.07) is 58.3. The molecule has 8 rings (SSSR count). The fourth-order valence-electron chi connectivity index (χ4n) is 6.27. The van der Waals surface area contributed by atoms with Gasteiger partial charge in [-0.2, -0.15) is 0 Å². The molecular weight excluding hydrogens is 534 g/mol. The number of anilines is 6. The van der Waals surface area contributed by atoms with E-state index in [0.717, 1.165) is 22.7 Å². The third-order valence-electron chi connectivity index (χ3n) is 8.30. The quantitative estimate of drug-likeness (QED) is 0.208. The molecule has 3 heteroatoms. The zero-order chi connectivity index (χ0) is 29.3. The standard InChI is InChI=1S/C41H29N3/c1-2-11-30(12-3-1)31-20-22-32(23-21-31)43(35-13-10-28-42-29-35)33-24-26-34(27-25-33)44-40-18-8-6-16-38(40)36-14-4-5-15-37(36)39-17-7-9-19-41(39)44/h1-29H. The van der Waals surface area contributed by atoms with Gasteiger partial charge < -0.3 is 9.80 Å². The second kappa shape index (κ2) is 11.0. The molecule has 7 aromatic rings. The number of rotatable bonds is 5. The van der Waals surface area contributed by atoms with Gasteiger partial charge >= 0.3 is 0 Å². The normalized spacial score (nSPS) is 11.6. The second-order valence-electron chi connectivity index (χ2n) is 10.9. The number of hydrogen-bond acceptors (Lipinski definition) is 3. The SMILES string of the molecule is c1ccc(-c2ccc(N(c3ccc(N4c5ccccc5-c5ccccc5-c5ccccc54)cc3)c3cccnc3)cc2)cc1. The van der Waals surface area contributed by atoms with Crippen LogP contribution in [0.15, 0.2) is 176 Å². The Labute approximate surface area is 258 Å². The third-order valence-corrected chi connectivity index (χ3v) is 8.30. The molecule has 0 unspecified atom stereocenters. The van der Waals surface area contributed by atoms with E-state index < -0.39 is 0 Å². The van der Waals surface area contributed by atoms with Crippen molar-refractivity contribution in [3.63, 3.8) is 0 Å². The third kappa shape index (κ3) is 4.52. The Morgan fingerprint density at radius 2 is 0.886 bits per heavy atom. The van der Waals surface area contributed by atoms with Crippen molar-refractivity contribution in [1.29, 1.82) is 0 Å². The predicted octanol–water partition coefficient (Wildman–Crippen LogP) is 11.3. The average Bonchev–Trinajstić information content (AvgIpc) is 3.23. The summed E-state index contributed by atoms with van der Waals surface area (Å²) in [6.07, 6.45) is 3.73. The van der Waals surface area contributed by atoms with Crippen molar-refractivity contribution >= 4 is 34.1 Å². The molecule has 0 aliphatic carbocycles. The van der Waals surface area contributed by atoms with Gasteiger partial charge in [0.15, 0.2) is 0 Å². The first-order chi connectivity index (χ1) is 21.8. The molecule has 0 amide bonds. The van der Waals surface area contributed by atoms with Gasteiger partial charge in [0, 0.05) is 34.4 Å². The Hall–Kier alpha value is -5.93. The van der Waals surface area contributed by atoms with E-state index >= 15 is 0 Å². The molecule has 0 atom stereocenters. The van der Waals surface area contributed by atoms with E-state index in [1.807, 2.05) is 24.5 Å². The maximum absolute atomic E-state index is 4.44. The number of pyridine rings is 1. The van der Waals surface area contributed by atoms with Crippen LogP contribution < -0.4 is 9.80 Å². The number of para-hydroxylation sites is 2. The lowest BCUT2D eigenvalue weighted by Gasteiger charge is -2.29. The molecule has 0 fully saturated rings. The monoisotopic (exact) mass is 563 g/mol.